The monoisotopic (exact) mass is 368 g/mol. The summed E-state index contributed by atoms with van der Waals surface area (Å²) in [5.41, 5.74) is 0.880. The normalized spacial score (nSPS) is 21.1. The predicted molar refractivity (Wildman–Crippen MR) is 101 cm³/mol. The largest absolute Gasteiger partial charge is 0.497 e. The summed E-state index contributed by atoms with van der Waals surface area (Å²) in [5.74, 6) is 0.780. The minimum atomic E-state index is -0.736. The molecule has 0 saturated heterocycles. The van der Waals surface area contributed by atoms with Gasteiger partial charge in [0.05, 0.1) is 20.8 Å². The van der Waals surface area contributed by atoms with Crippen LogP contribution in [0.25, 0.3) is 0 Å². The SMILES string of the molecule is COc1cc(OC)cc([C@@H]2CCC(=O)[C@H]2C(=O)OCCS(C)(C)C)c1. The standard InChI is InChI=1S/C19H28O5S/c1-22-14-10-13(11-15(12-14)23-2)16-6-7-17(20)18(16)19(21)24-8-9-25(3,4)5/h10-12,16,18H,6-9H2,1-5H3/t16-,18-/m0/s1. The maximum atomic E-state index is 12.5. The second kappa shape index (κ2) is 8.13. The van der Waals surface area contributed by atoms with Crippen molar-refractivity contribution in [2.75, 3.05) is 45.3 Å². The number of rotatable bonds is 7. The van der Waals surface area contributed by atoms with Crippen LogP contribution in [-0.4, -0.2) is 57.1 Å². The highest BCUT2D eigenvalue weighted by atomic mass is 32.3. The molecule has 1 aromatic rings. The van der Waals surface area contributed by atoms with Crippen molar-refractivity contribution >= 4 is 21.8 Å². The van der Waals surface area contributed by atoms with E-state index in [1.165, 1.54) is 0 Å². The molecule has 25 heavy (non-hydrogen) atoms. The molecule has 0 amide bonds. The van der Waals surface area contributed by atoms with Crippen molar-refractivity contribution < 1.29 is 23.8 Å². The summed E-state index contributed by atoms with van der Waals surface area (Å²) >= 11 is 0. The maximum absolute atomic E-state index is 12.5. The van der Waals surface area contributed by atoms with Gasteiger partial charge >= 0.3 is 5.97 Å². The minimum absolute atomic E-state index is 0.0418. The van der Waals surface area contributed by atoms with Crippen molar-refractivity contribution in [1.29, 1.82) is 0 Å². The van der Waals surface area contributed by atoms with E-state index < -0.39 is 21.9 Å². The van der Waals surface area contributed by atoms with Gasteiger partial charge in [0.15, 0.2) is 0 Å². The molecule has 5 nitrogen and oxygen atoms in total. The number of carbonyl (C=O) groups excluding carboxylic acids is 2. The van der Waals surface area contributed by atoms with Gasteiger partial charge < -0.3 is 14.2 Å². The molecule has 0 radical (unpaired) electrons. The van der Waals surface area contributed by atoms with Gasteiger partial charge in [0.1, 0.15) is 23.2 Å². The summed E-state index contributed by atoms with van der Waals surface area (Å²) in [6.45, 7) is 0.371. The molecular formula is C19H28O5S. The number of methoxy groups -OCH3 is 2. The first-order valence-electron chi connectivity index (χ1n) is 8.33. The molecule has 0 N–H and O–H groups in total. The zero-order chi connectivity index (χ0) is 18.6. The highest BCUT2D eigenvalue weighted by Gasteiger charge is 2.42. The van der Waals surface area contributed by atoms with E-state index in [9.17, 15) is 9.59 Å². The third-order valence-electron chi connectivity index (χ3n) is 4.45. The zero-order valence-corrected chi connectivity index (χ0v) is 16.5. The number of ether oxygens (including phenoxy) is 3. The number of hydrogen-bond donors (Lipinski definition) is 0. The molecule has 1 fully saturated rings. The lowest BCUT2D eigenvalue weighted by atomic mass is 9.88. The fourth-order valence-corrected chi connectivity index (χ4v) is 3.61. The van der Waals surface area contributed by atoms with Crippen LogP contribution in [0, 0.1) is 5.92 Å². The van der Waals surface area contributed by atoms with Crippen LogP contribution < -0.4 is 9.47 Å². The molecule has 6 heteroatoms. The number of carbonyl (C=O) groups is 2. The second-order valence-electron chi connectivity index (χ2n) is 7.20. The predicted octanol–water partition coefficient (Wildman–Crippen LogP) is 3.00. The quantitative estimate of drug-likeness (QED) is 0.547. The van der Waals surface area contributed by atoms with Crippen LogP contribution in [0.5, 0.6) is 11.5 Å². The summed E-state index contributed by atoms with van der Waals surface area (Å²) in [4.78, 5) is 24.8. The van der Waals surface area contributed by atoms with E-state index >= 15 is 0 Å². The van der Waals surface area contributed by atoms with Crippen molar-refractivity contribution in [3.63, 3.8) is 0 Å². The van der Waals surface area contributed by atoms with E-state index in [1.54, 1.807) is 20.3 Å². The van der Waals surface area contributed by atoms with E-state index in [1.807, 2.05) is 12.1 Å². The molecule has 2 atom stereocenters. The van der Waals surface area contributed by atoms with Crippen molar-refractivity contribution in [1.82, 2.24) is 0 Å². The van der Waals surface area contributed by atoms with Gasteiger partial charge in [-0.15, -0.1) is 0 Å². The number of esters is 1. The van der Waals surface area contributed by atoms with Crippen molar-refractivity contribution in [3.05, 3.63) is 23.8 Å². The zero-order valence-electron chi connectivity index (χ0n) is 15.7. The molecule has 0 unspecified atom stereocenters. The summed E-state index contributed by atoms with van der Waals surface area (Å²) < 4.78 is 16.0. The third kappa shape index (κ3) is 5.14. The molecule has 1 aliphatic rings. The van der Waals surface area contributed by atoms with Crippen molar-refractivity contribution in [2.24, 2.45) is 5.92 Å². The molecule has 2 rings (SSSR count). The highest BCUT2D eigenvalue weighted by Crippen LogP contribution is 2.41. The average molecular weight is 368 g/mol. The topological polar surface area (TPSA) is 61.8 Å². The molecule has 0 aromatic heterocycles. The van der Waals surface area contributed by atoms with Crippen molar-refractivity contribution in [3.8, 4) is 11.5 Å². The fourth-order valence-electron chi connectivity index (χ4n) is 3.02. The maximum Gasteiger partial charge on any atom is 0.317 e. The molecule has 0 aliphatic heterocycles. The number of benzene rings is 1. The Morgan fingerprint density at radius 1 is 1.12 bits per heavy atom. The van der Waals surface area contributed by atoms with Crippen LogP contribution in [0.1, 0.15) is 24.3 Å². The molecule has 0 bridgehead atoms. The summed E-state index contributed by atoms with van der Waals surface area (Å²) in [7, 11) is 2.43. The van der Waals surface area contributed by atoms with Gasteiger partial charge in [-0.3, -0.25) is 9.59 Å². The van der Waals surface area contributed by atoms with Crippen molar-refractivity contribution in [2.45, 2.75) is 18.8 Å². The first kappa shape index (κ1) is 19.6. The van der Waals surface area contributed by atoms with Gasteiger partial charge in [-0.1, -0.05) is 0 Å². The van der Waals surface area contributed by atoms with Gasteiger partial charge in [0, 0.05) is 24.2 Å². The Labute approximate surface area is 151 Å². The molecule has 1 aliphatic carbocycles. The van der Waals surface area contributed by atoms with Crippen LogP contribution in [-0.2, 0) is 14.3 Å². The summed E-state index contributed by atoms with van der Waals surface area (Å²) in [5, 5.41) is 0. The van der Waals surface area contributed by atoms with E-state index in [2.05, 4.69) is 18.8 Å². The van der Waals surface area contributed by atoms with Gasteiger partial charge in [0.25, 0.3) is 0 Å². The Kier molecular flexibility index (Phi) is 6.38. The summed E-state index contributed by atoms with van der Waals surface area (Å²) in [6.07, 6.45) is 7.56. The number of hydrogen-bond acceptors (Lipinski definition) is 5. The number of Topliss-reactive ketones (excluding diaryl/α,β-unsaturated/α-hetero) is 1. The first-order chi connectivity index (χ1) is 11.7. The van der Waals surface area contributed by atoms with Gasteiger partial charge in [0.2, 0.25) is 0 Å². The molecular weight excluding hydrogens is 340 g/mol. The third-order valence-corrected chi connectivity index (χ3v) is 5.84. The molecule has 0 spiro atoms. The van der Waals surface area contributed by atoms with Gasteiger partial charge in [-0.05, 0) is 42.9 Å². The van der Waals surface area contributed by atoms with Crippen LogP contribution in [0.15, 0.2) is 18.2 Å². The Morgan fingerprint density at radius 3 is 2.24 bits per heavy atom. The molecule has 1 aromatic carbocycles. The molecule has 0 heterocycles. The molecule has 1 saturated carbocycles. The Balaban J connectivity index is 2.17. The Bertz CT molecular complexity index is 613. The smallest absolute Gasteiger partial charge is 0.317 e. The first-order valence-corrected chi connectivity index (χ1v) is 11.4. The van der Waals surface area contributed by atoms with Gasteiger partial charge in [-0.2, -0.15) is 0 Å². The Morgan fingerprint density at radius 2 is 1.72 bits per heavy atom. The van der Waals surface area contributed by atoms with Crippen LogP contribution in [0.4, 0.5) is 0 Å². The van der Waals surface area contributed by atoms with E-state index in [0.717, 1.165) is 11.3 Å². The number of ketones is 1. The van der Waals surface area contributed by atoms with E-state index in [0.29, 0.717) is 30.9 Å². The fraction of sp³-hybridized carbons (Fsp3) is 0.579. The lowest BCUT2D eigenvalue weighted by molar-refractivity contribution is -0.150. The van der Waals surface area contributed by atoms with Crippen LogP contribution in [0.2, 0.25) is 0 Å². The lowest BCUT2D eigenvalue weighted by Crippen LogP contribution is -2.27. The average Bonchev–Trinajstić information content (AvgIpc) is 2.94. The van der Waals surface area contributed by atoms with Crippen LogP contribution >= 0.6 is 10.0 Å². The minimum Gasteiger partial charge on any atom is -0.497 e. The van der Waals surface area contributed by atoms with E-state index in [-0.39, 0.29) is 11.7 Å². The van der Waals surface area contributed by atoms with Gasteiger partial charge in [-0.25, -0.2) is 10.0 Å². The lowest BCUT2D eigenvalue weighted by Gasteiger charge is -2.25. The molecule has 140 valence electrons. The highest BCUT2D eigenvalue weighted by molar-refractivity contribution is 8.32. The van der Waals surface area contributed by atoms with Crippen LogP contribution in [0.3, 0.4) is 0 Å². The summed E-state index contributed by atoms with van der Waals surface area (Å²) in [6, 6.07) is 5.51. The van der Waals surface area contributed by atoms with E-state index in [4.69, 9.17) is 14.2 Å². The Hall–Kier alpha value is -1.69. The second-order valence-corrected chi connectivity index (χ2v) is 11.8.